The summed E-state index contributed by atoms with van der Waals surface area (Å²) in [5, 5.41) is 4.90. The smallest absolute Gasteiger partial charge is 0.228 e. The highest BCUT2D eigenvalue weighted by Crippen LogP contribution is 2.30. The van der Waals surface area contributed by atoms with E-state index in [1.807, 2.05) is 27.5 Å². The molecule has 2 amide bonds. The van der Waals surface area contributed by atoms with Gasteiger partial charge in [0.2, 0.25) is 11.8 Å². The largest absolute Gasteiger partial charge is 0.339 e. The van der Waals surface area contributed by atoms with Gasteiger partial charge in [0.05, 0.1) is 40.8 Å². The molecule has 3 fully saturated rings. The number of piperidine rings is 1. The highest BCUT2D eigenvalue weighted by Gasteiger charge is 2.41. The van der Waals surface area contributed by atoms with Crippen molar-refractivity contribution in [2.45, 2.75) is 38.8 Å². The van der Waals surface area contributed by atoms with Gasteiger partial charge in [-0.15, -0.1) is 22.7 Å². The second-order valence-electron chi connectivity index (χ2n) is 6.71. The lowest BCUT2D eigenvalue weighted by molar-refractivity contribution is -0.140. The van der Waals surface area contributed by atoms with Crippen LogP contribution < -0.4 is 0 Å². The molecule has 0 unspecified atom stereocenters. The number of rotatable bonds is 4. The molecule has 3 saturated heterocycles. The fourth-order valence-corrected chi connectivity index (χ4v) is 4.86. The molecule has 8 heteroatoms. The Morgan fingerprint density at radius 3 is 2.88 bits per heavy atom. The first-order valence-corrected chi connectivity index (χ1v) is 10.3. The Bertz CT molecular complexity index is 773. The number of fused-ring (bicyclic) bond motifs is 4. The van der Waals surface area contributed by atoms with Crippen LogP contribution in [0.5, 0.6) is 0 Å². The maximum atomic E-state index is 12.8. The fraction of sp³-hybridized carbons (Fsp3) is 0.529. The van der Waals surface area contributed by atoms with Gasteiger partial charge in [0.1, 0.15) is 0 Å². The second kappa shape index (κ2) is 6.84. The lowest BCUT2D eigenvalue weighted by atomic mass is 9.94. The third-order valence-corrected chi connectivity index (χ3v) is 6.42. The van der Waals surface area contributed by atoms with Crippen molar-refractivity contribution < 1.29 is 9.59 Å². The molecule has 5 heterocycles. The molecule has 0 radical (unpaired) electrons. The van der Waals surface area contributed by atoms with Crippen molar-refractivity contribution in [2.75, 3.05) is 13.1 Å². The predicted molar refractivity (Wildman–Crippen MR) is 96.3 cm³/mol. The van der Waals surface area contributed by atoms with Gasteiger partial charge in [0.15, 0.2) is 0 Å². The van der Waals surface area contributed by atoms with Gasteiger partial charge in [0.25, 0.3) is 0 Å². The van der Waals surface area contributed by atoms with Gasteiger partial charge in [-0.25, -0.2) is 9.97 Å². The van der Waals surface area contributed by atoms with Crippen LogP contribution >= 0.6 is 22.7 Å². The maximum absolute atomic E-state index is 12.8. The summed E-state index contributed by atoms with van der Waals surface area (Å²) in [5.41, 5.74) is 3.55. The molecule has 0 aromatic carbocycles. The number of nitrogens with zero attached hydrogens (tertiary/aromatic N) is 4. The van der Waals surface area contributed by atoms with Crippen LogP contribution in [0, 0.1) is 12.8 Å². The lowest BCUT2D eigenvalue weighted by Gasteiger charge is -2.35. The van der Waals surface area contributed by atoms with Crippen molar-refractivity contribution in [1.82, 2.24) is 19.8 Å². The number of hydrogen-bond acceptors (Lipinski definition) is 6. The molecular weight excluding hydrogens is 356 g/mol. The molecule has 0 saturated carbocycles. The molecule has 2 bridgehead atoms. The lowest BCUT2D eigenvalue weighted by Crippen LogP contribution is -2.47. The van der Waals surface area contributed by atoms with Crippen LogP contribution in [0.1, 0.15) is 29.2 Å². The number of amides is 2. The van der Waals surface area contributed by atoms with Gasteiger partial charge >= 0.3 is 0 Å². The maximum Gasteiger partial charge on any atom is 0.228 e. The van der Waals surface area contributed by atoms with Crippen molar-refractivity contribution >= 4 is 34.5 Å². The average Bonchev–Trinajstić information content (AvgIpc) is 3.15. The van der Waals surface area contributed by atoms with Crippen LogP contribution in [-0.2, 0) is 22.6 Å². The normalized spacial score (nSPS) is 23.2. The van der Waals surface area contributed by atoms with E-state index in [0.717, 1.165) is 29.2 Å². The first-order valence-electron chi connectivity index (χ1n) is 8.46. The van der Waals surface area contributed by atoms with Crippen molar-refractivity contribution in [3.05, 3.63) is 32.7 Å². The van der Waals surface area contributed by atoms with Crippen molar-refractivity contribution in [2.24, 2.45) is 5.92 Å². The first-order chi connectivity index (χ1) is 12.1. The first kappa shape index (κ1) is 16.7. The van der Waals surface area contributed by atoms with E-state index >= 15 is 0 Å². The van der Waals surface area contributed by atoms with E-state index in [-0.39, 0.29) is 23.8 Å². The van der Waals surface area contributed by atoms with Gasteiger partial charge in [0, 0.05) is 29.9 Å². The Balaban J connectivity index is 1.48. The molecule has 0 N–H and O–H groups in total. The Morgan fingerprint density at radius 2 is 2.16 bits per heavy atom. The molecule has 2 atom stereocenters. The zero-order chi connectivity index (χ0) is 17.4. The Morgan fingerprint density at radius 1 is 1.28 bits per heavy atom. The molecular formula is C17H20N4O2S2. The fourth-order valence-electron chi connectivity index (χ4n) is 3.70. The molecule has 2 aromatic rings. The summed E-state index contributed by atoms with van der Waals surface area (Å²) < 4.78 is 0. The molecule has 0 spiro atoms. The number of aromatic nitrogens is 2. The third-order valence-electron chi connectivity index (χ3n) is 4.96. The van der Waals surface area contributed by atoms with E-state index < -0.39 is 0 Å². The van der Waals surface area contributed by atoms with Crippen LogP contribution in [0.2, 0.25) is 0 Å². The monoisotopic (exact) mass is 376 g/mol. The number of thiazole rings is 2. The van der Waals surface area contributed by atoms with Gasteiger partial charge in [-0.3, -0.25) is 9.59 Å². The zero-order valence-corrected chi connectivity index (χ0v) is 15.7. The summed E-state index contributed by atoms with van der Waals surface area (Å²) >= 11 is 3.11. The Hall–Kier alpha value is -1.80. The summed E-state index contributed by atoms with van der Waals surface area (Å²) in [4.78, 5) is 38.0. The van der Waals surface area contributed by atoms with Crippen LogP contribution in [-0.4, -0.2) is 50.7 Å². The summed E-state index contributed by atoms with van der Waals surface area (Å²) in [7, 11) is 0. The zero-order valence-electron chi connectivity index (χ0n) is 14.1. The summed E-state index contributed by atoms with van der Waals surface area (Å²) in [5.74, 6) is 0.160. The van der Waals surface area contributed by atoms with Crippen LogP contribution in [0.3, 0.4) is 0 Å². The molecule has 3 aliphatic rings. The minimum atomic E-state index is -0.0847. The topological polar surface area (TPSA) is 66.4 Å². The highest BCUT2D eigenvalue weighted by atomic mass is 32.1. The van der Waals surface area contributed by atoms with Gasteiger partial charge in [-0.05, 0) is 19.8 Å². The van der Waals surface area contributed by atoms with Gasteiger partial charge < -0.3 is 9.80 Å². The number of aryl methyl sites for hydroxylation is 1. The molecule has 25 heavy (non-hydrogen) atoms. The van der Waals surface area contributed by atoms with Crippen LogP contribution in [0.15, 0.2) is 16.3 Å². The molecule has 5 rings (SSSR count). The summed E-state index contributed by atoms with van der Waals surface area (Å²) in [6.07, 6.45) is 2.15. The standard InChI is InChI=1S/C17H20N4O2S2/c1-11-19-13(9-25-11)4-16(22)20-5-12-2-3-15(7-20)21(17(12)23)6-14-8-24-10-18-14/h8-10,12,15H,2-7H2,1H3/t12-,15+/m1/s1. The average molecular weight is 377 g/mol. The number of carbonyl (C=O) groups is 2. The number of hydrogen-bond donors (Lipinski definition) is 0. The molecule has 3 aliphatic heterocycles. The van der Waals surface area contributed by atoms with Gasteiger partial charge in [-0.1, -0.05) is 0 Å². The van der Waals surface area contributed by atoms with E-state index in [1.165, 1.54) is 0 Å². The Labute approximate surface area is 154 Å². The third kappa shape index (κ3) is 3.46. The molecule has 132 valence electrons. The predicted octanol–water partition coefficient (Wildman–Crippen LogP) is 2.10. The molecule has 6 nitrogen and oxygen atoms in total. The highest BCUT2D eigenvalue weighted by molar-refractivity contribution is 7.09. The van der Waals surface area contributed by atoms with Crippen LogP contribution in [0.25, 0.3) is 0 Å². The van der Waals surface area contributed by atoms with Gasteiger partial charge in [-0.2, -0.15) is 0 Å². The van der Waals surface area contributed by atoms with E-state index in [9.17, 15) is 9.59 Å². The van der Waals surface area contributed by atoms with Crippen molar-refractivity contribution in [3.63, 3.8) is 0 Å². The quantitative estimate of drug-likeness (QED) is 0.820. The van der Waals surface area contributed by atoms with Crippen LogP contribution in [0.4, 0.5) is 0 Å². The summed E-state index contributed by atoms with van der Waals surface area (Å²) in [6.45, 7) is 3.65. The Kier molecular flexibility index (Phi) is 4.56. The minimum absolute atomic E-state index is 0.0745. The van der Waals surface area contributed by atoms with E-state index in [0.29, 0.717) is 26.1 Å². The van der Waals surface area contributed by atoms with E-state index in [1.54, 1.807) is 28.2 Å². The SMILES string of the molecule is Cc1nc(CC(=O)N2C[C@H]3CC[C@@H](C2)N(Cc2cscn2)C3=O)cs1. The van der Waals surface area contributed by atoms with Crippen molar-refractivity contribution in [1.29, 1.82) is 0 Å². The molecule has 2 aromatic heterocycles. The van der Waals surface area contributed by atoms with Crippen molar-refractivity contribution in [3.8, 4) is 0 Å². The summed E-state index contributed by atoms with van der Waals surface area (Å²) in [6, 6.07) is 0.0917. The van der Waals surface area contributed by atoms with E-state index in [4.69, 9.17) is 0 Å². The minimum Gasteiger partial charge on any atom is -0.339 e. The molecule has 0 aliphatic carbocycles. The second-order valence-corrected chi connectivity index (χ2v) is 8.49. The number of carbonyl (C=O) groups excluding carboxylic acids is 2. The van der Waals surface area contributed by atoms with E-state index in [2.05, 4.69) is 9.97 Å².